The summed E-state index contributed by atoms with van der Waals surface area (Å²) in [4.78, 5) is 5.12. The van der Waals surface area contributed by atoms with Crippen molar-refractivity contribution in [3.63, 3.8) is 0 Å². The van der Waals surface area contributed by atoms with E-state index in [1.807, 2.05) is 0 Å². The Morgan fingerprint density at radius 3 is 2.36 bits per heavy atom. The molecule has 1 aromatic carbocycles. The Morgan fingerprint density at radius 2 is 1.73 bits per heavy atom. The monoisotopic (exact) mass is 299 g/mol. The summed E-state index contributed by atoms with van der Waals surface area (Å²) in [7, 11) is 0. The van der Waals surface area contributed by atoms with Crippen LogP contribution < -0.4 is 10.6 Å². The highest BCUT2D eigenvalue weighted by atomic mass is 15.3. The van der Waals surface area contributed by atoms with E-state index in [1.165, 1.54) is 63.0 Å². The van der Waals surface area contributed by atoms with Crippen molar-refractivity contribution in [1.29, 1.82) is 0 Å². The normalized spacial score (nSPS) is 20.0. The first-order chi connectivity index (χ1) is 10.8. The number of hydrogen-bond donors (Lipinski definition) is 1. The molecule has 1 aromatic rings. The van der Waals surface area contributed by atoms with Gasteiger partial charge in [0.15, 0.2) is 0 Å². The molecule has 0 spiro atoms. The van der Waals surface area contributed by atoms with Crippen molar-refractivity contribution in [2.45, 2.75) is 38.6 Å². The maximum Gasteiger partial charge on any atom is 0.0367 e. The molecule has 1 aliphatic heterocycles. The minimum absolute atomic E-state index is 0.629. The number of nitrogens with two attached hydrogens (primary N) is 1. The van der Waals surface area contributed by atoms with Crippen LogP contribution in [0.15, 0.2) is 35.9 Å². The molecule has 0 bridgehead atoms. The standard InChI is InChI=1S/C19H29N3/c20-16-18-6-8-19(9-7-18)22-14-12-21(13-15-22)11-10-17-4-2-1-3-5-17/h4,6-9H,1-3,5,10-16,20H2. The van der Waals surface area contributed by atoms with E-state index in [0.717, 1.165) is 13.1 Å². The van der Waals surface area contributed by atoms with Gasteiger partial charge in [-0.05, 0) is 49.8 Å². The number of anilines is 1. The van der Waals surface area contributed by atoms with Crippen molar-refractivity contribution in [3.05, 3.63) is 41.5 Å². The first-order valence-electron chi connectivity index (χ1n) is 8.79. The molecule has 1 heterocycles. The maximum absolute atomic E-state index is 5.67. The minimum atomic E-state index is 0.629. The van der Waals surface area contributed by atoms with Gasteiger partial charge in [-0.2, -0.15) is 0 Å². The molecule has 3 nitrogen and oxygen atoms in total. The van der Waals surface area contributed by atoms with Crippen LogP contribution in [-0.4, -0.2) is 37.6 Å². The summed E-state index contributed by atoms with van der Waals surface area (Å²) in [5.41, 5.74) is 9.92. The van der Waals surface area contributed by atoms with E-state index < -0.39 is 0 Å². The third-order valence-corrected chi connectivity index (χ3v) is 5.04. The molecule has 0 aromatic heterocycles. The Balaban J connectivity index is 1.44. The lowest BCUT2D eigenvalue weighted by Crippen LogP contribution is -2.46. The second kappa shape index (κ2) is 7.80. The first kappa shape index (κ1) is 15.6. The molecule has 2 aliphatic rings. The molecule has 0 saturated carbocycles. The van der Waals surface area contributed by atoms with E-state index in [9.17, 15) is 0 Å². The number of allylic oxidation sites excluding steroid dienone is 1. The molecule has 1 saturated heterocycles. The van der Waals surface area contributed by atoms with Gasteiger partial charge in [-0.15, -0.1) is 0 Å². The van der Waals surface area contributed by atoms with Gasteiger partial charge in [-0.25, -0.2) is 0 Å². The third kappa shape index (κ3) is 4.11. The Morgan fingerprint density at radius 1 is 0.955 bits per heavy atom. The molecular weight excluding hydrogens is 270 g/mol. The summed E-state index contributed by atoms with van der Waals surface area (Å²) in [5, 5.41) is 0. The lowest BCUT2D eigenvalue weighted by Gasteiger charge is -2.36. The van der Waals surface area contributed by atoms with Crippen molar-refractivity contribution in [3.8, 4) is 0 Å². The van der Waals surface area contributed by atoms with Crippen LogP contribution in [0, 0.1) is 0 Å². The summed E-state index contributed by atoms with van der Waals surface area (Å²) >= 11 is 0. The molecule has 1 fully saturated rings. The average Bonchev–Trinajstić information content (AvgIpc) is 2.61. The number of benzene rings is 1. The Kier molecular flexibility index (Phi) is 5.52. The van der Waals surface area contributed by atoms with Crippen LogP contribution in [0.25, 0.3) is 0 Å². The molecule has 0 amide bonds. The molecular formula is C19H29N3. The van der Waals surface area contributed by atoms with Crippen LogP contribution in [0.5, 0.6) is 0 Å². The smallest absolute Gasteiger partial charge is 0.0367 e. The van der Waals surface area contributed by atoms with Crippen molar-refractivity contribution < 1.29 is 0 Å². The molecule has 120 valence electrons. The summed E-state index contributed by atoms with van der Waals surface area (Å²) in [6.07, 6.45) is 9.21. The van der Waals surface area contributed by atoms with Crippen LogP contribution in [0.4, 0.5) is 5.69 Å². The summed E-state index contributed by atoms with van der Waals surface area (Å²) < 4.78 is 0. The molecule has 3 heteroatoms. The second-order valence-electron chi connectivity index (χ2n) is 6.56. The van der Waals surface area contributed by atoms with Crippen LogP contribution in [0.3, 0.4) is 0 Å². The van der Waals surface area contributed by atoms with Gasteiger partial charge >= 0.3 is 0 Å². The van der Waals surface area contributed by atoms with Crippen molar-refractivity contribution in [2.75, 3.05) is 37.6 Å². The van der Waals surface area contributed by atoms with Gasteiger partial charge in [0.1, 0.15) is 0 Å². The highest BCUT2D eigenvalue weighted by molar-refractivity contribution is 5.48. The van der Waals surface area contributed by atoms with Gasteiger partial charge in [0.25, 0.3) is 0 Å². The van der Waals surface area contributed by atoms with Crippen LogP contribution in [-0.2, 0) is 6.54 Å². The van der Waals surface area contributed by atoms with Crippen LogP contribution >= 0.6 is 0 Å². The van der Waals surface area contributed by atoms with Gasteiger partial charge in [0.2, 0.25) is 0 Å². The first-order valence-corrected chi connectivity index (χ1v) is 8.79. The Bertz CT molecular complexity index is 484. The van der Waals surface area contributed by atoms with E-state index in [2.05, 4.69) is 40.1 Å². The molecule has 3 rings (SSSR count). The van der Waals surface area contributed by atoms with Crippen LogP contribution in [0.1, 0.15) is 37.7 Å². The SMILES string of the molecule is NCc1ccc(N2CCN(CCC3=CCCCC3)CC2)cc1. The lowest BCUT2D eigenvalue weighted by molar-refractivity contribution is 0.259. The van der Waals surface area contributed by atoms with E-state index in [1.54, 1.807) is 5.57 Å². The average molecular weight is 299 g/mol. The molecule has 2 N–H and O–H groups in total. The Hall–Kier alpha value is -1.32. The molecule has 22 heavy (non-hydrogen) atoms. The largest absolute Gasteiger partial charge is 0.369 e. The van der Waals surface area contributed by atoms with E-state index in [0.29, 0.717) is 6.54 Å². The highest BCUT2D eigenvalue weighted by Crippen LogP contribution is 2.21. The van der Waals surface area contributed by atoms with Crippen LogP contribution in [0.2, 0.25) is 0 Å². The van der Waals surface area contributed by atoms with Gasteiger partial charge in [0.05, 0.1) is 0 Å². The van der Waals surface area contributed by atoms with Gasteiger partial charge in [-0.1, -0.05) is 23.8 Å². The number of nitrogens with zero attached hydrogens (tertiary/aromatic N) is 2. The fourth-order valence-electron chi connectivity index (χ4n) is 3.51. The highest BCUT2D eigenvalue weighted by Gasteiger charge is 2.17. The zero-order valence-electron chi connectivity index (χ0n) is 13.6. The lowest BCUT2D eigenvalue weighted by atomic mass is 9.97. The number of hydrogen-bond acceptors (Lipinski definition) is 3. The Labute approximate surface area is 134 Å². The predicted octanol–water partition coefficient (Wildman–Crippen LogP) is 3.16. The summed E-state index contributed by atoms with van der Waals surface area (Å²) in [5.74, 6) is 0. The molecule has 0 atom stereocenters. The topological polar surface area (TPSA) is 32.5 Å². The van der Waals surface area contributed by atoms with Crippen molar-refractivity contribution in [2.24, 2.45) is 5.73 Å². The van der Waals surface area contributed by atoms with E-state index in [4.69, 9.17) is 5.73 Å². The van der Waals surface area contributed by atoms with E-state index in [-0.39, 0.29) is 0 Å². The fraction of sp³-hybridized carbons (Fsp3) is 0.579. The van der Waals surface area contributed by atoms with E-state index >= 15 is 0 Å². The molecule has 1 aliphatic carbocycles. The van der Waals surface area contributed by atoms with Gasteiger partial charge in [-0.3, -0.25) is 4.90 Å². The van der Waals surface area contributed by atoms with Gasteiger partial charge < -0.3 is 10.6 Å². The van der Waals surface area contributed by atoms with Crippen molar-refractivity contribution >= 4 is 5.69 Å². The minimum Gasteiger partial charge on any atom is -0.369 e. The number of rotatable bonds is 5. The van der Waals surface area contributed by atoms with Gasteiger partial charge in [0, 0.05) is 45.0 Å². The molecule has 0 unspecified atom stereocenters. The zero-order valence-corrected chi connectivity index (χ0v) is 13.6. The summed E-state index contributed by atoms with van der Waals surface area (Å²) in [6, 6.07) is 8.73. The summed E-state index contributed by atoms with van der Waals surface area (Å²) in [6.45, 7) is 6.52. The quantitative estimate of drug-likeness (QED) is 0.848. The predicted molar refractivity (Wildman–Crippen MR) is 94.2 cm³/mol. The second-order valence-corrected chi connectivity index (χ2v) is 6.56. The fourth-order valence-corrected chi connectivity index (χ4v) is 3.51. The van der Waals surface area contributed by atoms with Crippen molar-refractivity contribution in [1.82, 2.24) is 4.90 Å². The maximum atomic E-state index is 5.67. The molecule has 0 radical (unpaired) electrons. The zero-order chi connectivity index (χ0) is 15.2. The third-order valence-electron chi connectivity index (χ3n) is 5.04. The number of piperazine rings is 1.